The first kappa shape index (κ1) is 25.7. The van der Waals surface area contributed by atoms with Crippen LogP contribution in [-0.2, 0) is 22.6 Å². The molecule has 204 valence electrons. The molecule has 40 heavy (non-hydrogen) atoms. The third kappa shape index (κ3) is 5.45. The Morgan fingerprint density at radius 3 is 2.52 bits per heavy atom. The molecule has 0 radical (unpaired) electrons. The first-order valence-corrected chi connectivity index (χ1v) is 13.3. The van der Waals surface area contributed by atoms with Crippen molar-refractivity contribution in [3.63, 3.8) is 0 Å². The SMILES string of the molecule is COC(=O)CC1COc2cc(O[C@@H]3CCc4c(Oc5ccc(OCc6ccccc6)cc5)ccc(F)c43)ccc21. The van der Waals surface area contributed by atoms with E-state index in [0.29, 0.717) is 54.6 Å². The van der Waals surface area contributed by atoms with Gasteiger partial charge in [-0.05, 0) is 60.9 Å². The van der Waals surface area contributed by atoms with Crippen molar-refractivity contribution in [3.8, 4) is 28.7 Å². The third-order valence-corrected chi connectivity index (χ3v) is 7.32. The van der Waals surface area contributed by atoms with Crippen molar-refractivity contribution in [1.82, 2.24) is 0 Å². The zero-order valence-electron chi connectivity index (χ0n) is 22.1. The minimum atomic E-state index is -0.447. The molecule has 4 aromatic rings. The number of hydrogen-bond donors (Lipinski definition) is 0. The lowest BCUT2D eigenvalue weighted by Gasteiger charge is -2.17. The summed E-state index contributed by atoms with van der Waals surface area (Å²) in [4.78, 5) is 11.7. The Bertz CT molecular complexity index is 1500. The predicted molar refractivity (Wildman–Crippen MR) is 147 cm³/mol. The second-order valence-corrected chi connectivity index (χ2v) is 9.92. The Balaban J connectivity index is 1.13. The summed E-state index contributed by atoms with van der Waals surface area (Å²) in [6, 6.07) is 26.0. The number of hydrogen-bond acceptors (Lipinski definition) is 6. The highest BCUT2D eigenvalue weighted by molar-refractivity contribution is 5.71. The Morgan fingerprint density at radius 2 is 1.73 bits per heavy atom. The number of halogens is 1. The van der Waals surface area contributed by atoms with Crippen LogP contribution in [-0.4, -0.2) is 19.7 Å². The quantitative estimate of drug-likeness (QED) is 0.208. The normalized spacial score (nSPS) is 16.9. The van der Waals surface area contributed by atoms with Gasteiger partial charge in [-0.2, -0.15) is 0 Å². The maximum absolute atomic E-state index is 15.0. The average molecular weight is 541 g/mol. The van der Waals surface area contributed by atoms with E-state index in [1.54, 1.807) is 6.07 Å². The molecule has 0 amide bonds. The molecule has 6 rings (SSSR count). The van der Waals surface area contributed by atoms with Gasteiger partial charge in [0.2, 0.25) is 0 Å². The summed E-state index contributed by atoms with van der Waals surface area (Å²) in [6.07, 6.45) is 1.07. The van der Waals surface area contributed by atoms with Crippen LogP contribution in [0.25, 0.3) is 0 Å². The minimum Gasteiger partial charge on any atom is -0.492 e. The van der Waals surface area contributed by atoms with Crippen molar-refractivity contribution in [1.29, 1.82) is 0 Å². The van der Waals surface area contributed by atoms with Crippen molar-refractivity contribution in [2.45, 2.75) is 37.9 Å². The molecule has 2 aliphatic rings. The Hall–Kier alpha value is -4.52. The van der Waals surface area contributed by atoms with Crippen LogP contribution < -0.4 is 18.9 Å². The minimum absolute atomic E-state index is 0.0506. The van der Waals surface area contributed by atoms with Gasteiger partial charge in [-0.1, -0.05) is 36.4 Å². The van der Waals surface area contributed by atoms with E-state index < -0.39 is 6.10 Å². The zero-order chi connectivity index (χ0) is 27.5. The van der Waals surface area contributed by atoms with Crippen molar-refractivity contribution in [2.75, 3.05) is 13.7 Å². The summed E-state index contributed by atoms with van der Waals surface area (Å²) in [5.74, 6) is 2.63. The number of rotatable bonds is 9. The summed E-state index contributed by atoms with van der Waals surface area (Å²) in [7, 11) is 1.38. The summed E-state index contributed by atoms with van der Waals surface area (Å²) in [5.41, 5.74) is 3.37. The first-order valence-electron chi connectivity index (χ1n) is 13.3. The molecular weight excluding hydrogens is 511 g/mol. The van der Waals surface area contributed by atoms with Crippen LogP contribution >= 0.6 is 0 Å². The molecule has 1 aliphatic carbocycles. The van der Waals surface area contributed by atoms with Crippen LogP contribution in [0.2, 0.25) is 0 Å². The van der Waals surface area contributed by atoms with Crippen molar-refractivity contribution in [3.05, 3.63) is 113 Å². The Kier molecular flexibility index (Phi) is 7.27. The van der Waals surface area contributed by atoms with Crippen LogP contribution in [0.3, 0.4) is 0 Å². The molecule has 0 N–H and O–H groups in total. The maximum Gasteiger partial charge on any atom is 0.306 e. The fraction of sp³-hybridized carbons (Fsp3) is 0.242. The third-order valence-electron chi connectivity index (χ3n) is 7.32. The van der Waals surface area contributed by atoms with Gasteiger partial charge in [0.1, 0.15) is 47.3 Å². The second-order valence-electron chi connectivity index (χ2n) is 9.92. The lowest BCUT2D eigenvalue weighted by Crippen LogP contribution is -2.09. The molecule has 0 fully saturated rings. The van der Waals surface area contributed by atoms with Crippen LogP contribution in [0, 0.1) is 5.82 Å². The van der Waals surface area contributed by atoms with Gasteiger partial charge in [-0.15, -0.1) is 0 Å². The molecule has 1 heterocycles. The van der Waals surface area contributed by atoms with E-state index in [4.69, 9.17) is 23.7 Å². The molecule has 1 unspecified atom stereocenters. The van der Waals surface area contributed by atoms with E-state index in [-0.39, 0.29) is 24.1 Å². The summed E-state index contributed by atoms with van der Waals surface area (Å²) >= 11 is 0. The summed E-state index contributed by atoms with van der Waals surface area (Å²) in [6.45, 7) is 0.897. The number of fused-ring (bicyclic) bond motifs is 2. The topological polar surface area (TPSA) is 63.2 Å². The first-order chi connectivity index (χ1) is 19.6. The molecule has 0 spiro atoms. The lowest BCUT2D eigenvalue weighted by molar-refractivity contribution is -0.141. The van der Waals surface area contributed by atoms with E-state index in [1.165, 1.54) is 13.2 Å². The number of methoxy groups -OCH3 is 1. The van der Waals surface area contributed by atoms with Crippen molar-refractivity contribution in [2.24, 2.45) is 0 Å². The van der Waals surface area contributed by atoms with Gasteiger partial charge in [0, 0.05) is 28.7 Å². The van der Waals surface area contributed by atoms with Gasteiger partial charge in [0.15, 0.2) is 0 Å². The van der Waals surface area contributed by atoms with Gasteiger partial charge < -0.3 is 23.7 Å². The second kappa shape index (κ2) is 11.3. The Labute approximate surface area is 232 Å². The smallest absolute Gasteiger partial charge is 0.306 e. The van der Waals surface area contributed by atoms with Crippen LogP contribution in [0.4, 0.5) is 4.39 Å². The fourth-order valence-corrected chi connectivity index (χ4v) is 5.28. The molecule has 0 saturated carbocycles. The number of ether oxygens (including phenoxy) is 5. The standard InChI is InChI=1S/C33H29FO6/c1-36-32(35)17-22-20-38-31-18-25(11-12-26(22)31)40-30-15-13-27-29(16-14-28(34)33(27)30)39-24-9-7-23(8-10-24)37-19-21-5-3-2-4-6-21/h2-12,14,16,18,22,30H,13,15,17,19-20H2,1H3/t22?,30-/m1/s1. The highest BCUT2D eigenvalue weighted by Crippen LogP contribution is 2.44. The monoisotopic (exact) mass is 540 g/mol. The van der Waals surface area contributed by atoms with E-state index in [0.717, 1.165) is 22.4 Å². The van der Waals surface area contributed by atoms with Gasteiger partial charge in [-0.25, -0.2) is 4.39 Å². The number of carbonyl (C=O) groups excluding carboxylic acids is 1. The highest BCUT2D eigenvalue weighted by Gasteiger charge is 2.32. The largest absolute Gasteiger partial charge is 0.492 e. The van der Waals surface area contributed by atoms with E-state index in [1.807, 2.05) is 72.8 Å². The van der Waals surface area contributed by atoms with Crippen LogP contribution in [0.1, 0.15) is 47.1 Å². The highest BCUT2D eigenvalue weighted by atomic mass is 19.1. The molecule has 0 saturated heterocycles. The molecule has 4 aromatic carbocycles. The summed E-state index contributed by atoms with van der Waals surface area (Å²) < 4.78 is 43.9. The molecule has 0 bridgehead atoms. The Morgan fingerprint density at radius 1 is 0.950 bits per heavy atom. The number of esters is 1. The zero-order valence-corrected chi connectivity index (χ0v) is 22.1. The van der Waals surface area contributed by atoms with Crippen molar-refractivity contribution < 1.29 is 32.9 Å². The molecule has 1 aliphatic heterocycles. The van der Waals surface area contributed by atoms with Crippen LogP contribution in [0.5, 0.6) is 28.7 Å². The van der Waals surface area contributed by atoms with Crippen LogP contribution in [0.15, 0.2) is 84.9 Å². The molecule has 2 atom stereocenters. The molecule has 7 heteroatoms. The van der Waals surface area contributed by atoms with Gasteiger partial charge in [0.25, 0.3) is 0 Å². The van der Waals surface area contributed by atoms with E-state index in [9.17, 15) is 4.79 Å². The number of carbonyl (C=O) groups is 1. The van der Waals surface area contributed by atoms with E-state index >= 15 is 4.39 Å². The summed E-state index contributed by atoms with van der Waals surface area (Å²) in [5, 5.41) is 0. The number of benzene rings is 4. The van der Waals surface area contributed by atoms with Crippen molar-refractivity contribution >= 4 is 5.97 Å². The van der Waals surface area contributed by atoms with Gasteiger partial charge in [0.05, 0.1) is 20.1 Å². The lowest BCUT2D eigenvalue weighted by atomic mass is 9.98. The molecule has 0 aromatic heterocycles. The molecular formula is C33H29FO6. The van der Waals surface area contributed by atoms with Gasteiger partial charge >= 0.3 is 5.97 Å². The molecule has 6 nitrogen and oxygen atoms in total. The van der Waals surface area contributed by atoms with Gasteiger partial charge in [-0.3, -0.25) is 4.79 Å². The fourth-order valence-electron chi connectivity index (χ4n) is 5.28. The predicted octanol–water partition coefficient (Wildman–Crippen LogP) is 7.30. The average Bonchev–Trinajstić information content (AvgIpc) is 3.59. The maximum atomic E-state index is 15.0. The van der Waals surface area contributed by atoms with E-state index in [2.05, 4.69) is 0 Å².